The molecule has 0 unspecified atom stereocenters. The lowest BCUT2D eigenvalue weighted by molar-refractivity contribution is 0.102. The highest BCUT2D eigenvalue weighted by atomic mass is 16.5. The molecule has 1 aliphatic heterocycles. The van der Waals surface area contributed by atoms with Crippen LogP contribution in [0.5, 0.6) is 5.75 Å². The molecule has 1 aromatic carbocycles. The summed E-state index contributed by atoms with van der Waals surface area (Å²) in [7, 11) is 0. The second kappa shape index (κ2) is 4.97. The first-order valence-corrected chi connectivity index (χ1v) is 6.06. The quantitative estimate of drug-likeness (QED) is 0.863. The first-order valence-electron chi connectivity index (χ1n) is 6.06. The normalized spacial score (nSPS) is 12.8. The van der Waals surface area contributed by atoms with E-state index in [2.05, 4.69) is 15.6 Å². The van der Waals surface area contributed by atoms with E-state index in [1.807, 2.05) is 18.2 Å². The van der Waals surface area contributed by atoms with E-state index in [0.717, 1.165) is 12.2 Å². The number of anilines is 2. The van der Waals surface area contributed by atoms with E-state index in [0.29, 0.717) is 23.7 Å². The molecule has 0 saturated heterocycles. The van der Waals surface area contributed by atoms with Crippen LogP contribution < -0.4 is 15.4 Å². The van der Waals surface area contributed by atoms with Crippen molar-refractivity contribution in [2.45, 2.75) is 0 Å². The molecule has 3 rings (SSSR count). The maximum absolute atomic E-state index is 12.2. The van der Waals surface area contributed by atoms with Crippen LogP contribution in [0, 0.1) is 0 Å². The van der Waals surface area contributed by atoms with E-state index < -0.39 is 0 Å². The van der Waals surface area contributed by atoms with Gasteiger partial charge >= 0.3 is 0 Å². The van der Waals surface area contributed by atoms with E-state index in [4.69, 9.17) is 4.74 Å². The summed E-state index contributed by atoms with van der Waals surface area (Å²) in [6, 6.07) is 10.8. The molecule has 1 aromatic heterocycles. The van der Waals surface area contributed by atoms with Crippen LogP contribution in [-0.2, 0) is 0 Å². The number of nitrogens with one attached hydrogen (secondary N) is 2. The Kier molecular flexibility index (Phi) is 3.02. The van der Waals surface area contributed by atoms with Crippen LogP contribution in [0.4, 0.5) is 11.5 Å². The zero-order valence-electron chi connectivity index (χ0n) is 10.2. The van der Waals surface area contributed by atoms with Gasteiger partial charge in [0.2, 0.25) is 0 Å². The van der Waals surface area contributed by atoms with Gasteiger partial charge in [-0.2, -0.15) is 0 Å². The number of ether oxygens (including phenoxy) is 1. The first-order chi connectivity index (χ1) is 9.34. The number of carbonyl (C=O) groups excluding carboxylic acids is 1. The summed E-state index contributed by atoms with van der Waals surface area (Å²) >= 11 is 0. The highest BCUT2D eigenvalue weighted by Gasteiger charge is 2.19. The topological polar surface area (TPSA) is 63.2 Å². The monoisotopic (exact) mass is 255 g/mol. The summed E-state index contributed by atoms with van der Waals surface area (Å²) in [4.78, 5) is 16.3. The molecule has 0 spiro atoms. The largest absolute Gasteiger partial charge is 0.489 e. The van der Waals surface area contributed by atoms with Crippen molar-refractivity contribution in [3.63, 3.8) is 0 Å². The summed E-state index contributed by atoms with van der Waals surface area (Å²) in [6.45, 7) is 1.30. The van der Waals surface area contributed by atoms with Gasteiger partial charge in [-0.25, -0.2) is 4.98 Å². The van der Waals surface area contributed by atoms with Crippen molar-refractivity contribution in [1.29, 1.82) is 0 Å². The molecule has 5 nitrogen and oxygen atoms in total. The molecule has 0 radical (unpaired) electrons. The fourth-order valence-electron chi connectivity index (χ4n) is 1.97. The number of pyridine rings is 1. The number of amides is 1. The molecular formula is C14H13N3O2. The van der Waals surface area contributed by atoms with Crippen LogP contribution in [0.1, 0.15) is 10.4 Å². The smallest absolute Gasteiger partial charge is 0.260 e. The maximum atomic E-state index is 12.2. The Morgan fingerprint density at radius 3 is 3.05 bits per heavy atom. The molecule has 0 atom stereocenters. The molecule has 0 bridgehead atoms. The molecule has 2 heterocycles. The Hall–Kier alpha value is -2.56. The summed E-state index contributed by atoms with van der Waals surface area (Å²) in [5.74, 6) is 0.898. The van der Waals surface area contributed by atoms with Crippen LogP contribution in [0.25, 0.3) is 0 Å². The van der Waals surface area contributed by atoms with Gasteiger partial charge in [0.1, 0.15) is 12.4 Å². The van der Waals surface area contributed by atoms with Crippen LogP contribution in [0.15, 0.2) is 42.6 Å². The lowest BCUT2D eigenvalue weighted by Gasteiger charge is -2.21. The average Bonchev–Trinajstić information content (AvgIpc) is 2.47. The van der Waals surface area contributed by atoms with Gasteiger partial charge in [0.05, 0.1) is 11.3 Å². The number of hydrogen-bond acceptors (Lipinski definition) is 4. The number of para-hydroxylation sites is 1. The van der Waals surface area contributed by atoms with Gasteiger partial charge < -0.3 is 15.4 Å². The predicted molar refractivity (Wildman–Crippen MR) is 72.6 cm³/mol. The number of aromatic nitrogens is 1. The van der Waals surface area contributed by atoms with Gasteiger partial charge in [-0.3, -0.25) is 4.79 Å². The fourth-order valence-corrected chi connectivity index (χ4v) is 1.97. The van der Waals surface area contributed by atoms with Crippen molar-refractivity contribution >= 4 is 17.4 Å². The lowest BCUT2D eigenvalue weighted by atomic mass is 10.1. The summed E-state index contributed by atoms with van der Waals surface area (Å²) < 4.78 is 5.57. The van der Waals surface area contributed by atoms with Crippen molar-refractivity contribution in [3.8, 4) is 5.75 Å². The van der Waals surface area contributed by atoms with Gasteiger partial charge in [0, 0.05) is 12.7 Å². The fraction of sp³-hybridized carbons (Fsp3) is 0.143. The highest BCUT2D eigenvalue weighted by molar-refractivity contribution is 6.07. The van der Waals surface area contributed by atoms with Crippen molar-refractivity contribution in [2.75, 3.05) is 23.8 Å². The number of nitrogens with zero attached hydrogens (tertiary/aromatic N) is 1. The summed E-state index contributed by atoms with van der Waals surface area (Å²) in [6.07, 6.45) is 1.63. The van der Waals surface area contributed by atoms with Gasteiger partial charge in [-0.05, 0) is 24.3 Å². The van der Waals surface area contributed by atoms with Gasteiger partial charge in [0.25, 0.3) is 5.91 Å². The predicted octanol–water partition coefficient (Wildman–Crippen LogP) is 2.14. The molecule has 19 heavy (non-hydrogen) atoms. The molecule has 5 heteroatoms. The zero-order valence-corrected chi connectivity index (χ0v) is 10.2. The maximum Gasteiger partial charge on any atom is 0.260 e. The third-order valence-corrected chi connectivity index (χ3v) is 2.83. The van der Waals surface area contributed by atoms with Crippen LogP contribution >= 0.6 is 0 Å². The van der Waals surface area contributed by atoms with Crippen molar-refractivity contribution in [3.05, 3.63) is 48.2 Å². The van der Waals surface area contributed by atoms with Crippen LogP contribution in [0.2, 0.25) is 0 Å². The minimum atomic E-state index is -0.223. The van der Waals surface area contributed by atoms with Crippen molar-refractivity contribution in [1.82, 2.24) is 4.98 Å². The molecule has 96 valence electrons. The van der Waals surface area contributed by atoms with Gasteiger partial charge in [-0.1, -0.05) is 12.1 Å². The van der Waals surface area contributed by atoms with E-state index >= 15 is 0 Å². The number of fused-ring (bicyclic) bond motifs is 1. The van der Waals surface area contributed by atoms with Gasteiger partial charge in [0.15, 0.2) is 5.75 Å². The molecule has 1 amide bonds. The Morgan fingerprint density at radius 2 is 2.21 bits per heavy atom. The van der Waals surface area contributed by atoms with E-state index in [1.54, 1.807) is 24.4 Å². The first kappa shape index (κ1) is 11.5. The Bertz CT molecular complexity index is 599. The third kappa shape index (κ3) is 2.35. The molecule has 1 aliphatic rings. The minimum absolute atomic E-state index is 0.223. The molecular weight excluding hydrogens is 242 g/mol. The third-order valence-electron chi connectivity index (χ3n) is 2.83. The standard InChI is InChI=1S/C14H13N3O2/c18-14(17-12-6-1-2-7-16-12)10-4-3-5-11-13(10)19-9-8-15-11/h1-7,15H,8-9H2,(H,16,17,18). The SMILES string of the molecule is O=C(Nc1ccccn1)c1cccc2c1OCCN2. The Morgan fingerprint density at radius 1 is 1.26 bits per heavy atom. The van der Waals surface area contributed by atoms with Gasteiger partial charge in [-0.15, -0.1) is 0 Å². The van der Waals surface area contributed by atoms with E-state index in [9.17, 15) is 4.79 Å². The van der Waals surface area contributed by atoms with Crippen LogP contribution in [-0.4, -0.2) is 24.0 Å². The molecule has 0 aliphatic carbocycles. The number of carbonyl (C=O) groups is 1. The number of rotatable bonds is 2. The molecule has 0 fully saturated rings. The highest BCUT2D eigenvalue weighted by Crippen LogP contribution is 2.31. The summed E-state index contributed by atoms with van der Waals surface area (Å²) in [5.41, 5.74) is 1.36. The average molecular weight is 255 g/mol. The number of benzene rings is 1. The molecule has 2 aromatic rings. The second-order valence-corrected chi connectivity index (χ2v) is 4.13. The molecule has 2 N–H and O–H groups in total. The van der Waals surface area contributed by atoms with Crippen molar-refractivity contribution < 1.29 is 9.53 Å². The van der Waals surface area contributed by atoms with Crippen molar-refractivity contribution in [2.24, 2.45) is 0 Å². The minimum Gasteiger partial charge on any atom is -0.489 e. The summed E-state index contributed by atoms with van der Waals surface area (Å²) in [5, 5.41) is 5.95. The second-order valence-electron chi connectivity index (χ2n) is 4.13. The number of hydrogen-bond donors (Lipinski definition) is 2. The van der Waals surface area contributed by atoms with E-state index in [-0.39, 0.29) is 5.91 Å². The van der Waals surface area contributed by atoms with E-state index in [1.165, 1.54) is 0 Å². The van der Waals surface area contributed by atoms with Crippen LogP contribution in [0.3, 0.4) is 0 Å². The Labute approximate surface area is 110 Å². The Balaban J connectivity index is 1.88. The molecule has 0 saturated carbocycles. The lowest BCUT2D eigenvalue weighted by Crippen LogP contribution is -2.22. The zero-order chi connectivity index (χ0) is 13.1.